The number of rotatable bonds is 6. The van der Waals surface area contributed by atoms with Crippen LogP contribution in [0.15, 0.2) is 84.0 Å². The van der Waals surface area contributed by atoms with Gasteiger partial charge in [0.05, 0.1) is 11.8 Å². The lowest BCUT2D eigenvalue weighted by atomic mass is 10.2. The zero-order valence-corrected chi connectivity index (χ0v) is 14.7. The van der Waals surface area contributed by atoms with E-state index >= 15 is 0 Å². The Labute approximate surface area is 157 Å². The van der Waals surface area contributed by atoms with Crippen LogP contribution < -0.4 is 10.2 Å². The van der Waals surface area contributed by atoms with Gasteiger partial charge in [-0.05, 0) is 35.4 Å². The van der Waals surface area contributed by atoms with Crippen molar-refractivity contribution < 1.29 is 9.53 Å². The van der Waals surface area contributed by atoms with Gasteiger partial charge in [-0.2, -0.15) is 5.10 Å². The summed E-state index contributed by atoms with van der Waals surface area (Å²) in [5.41, 5.74) is 4.81. The van der Waals surface area contributed by atoms with Crippen LogP contribution >= 0.6 is 11.6 Å². The van der Waals surface area contributed by atoms with Crippen LogP contribution in [0.1, 0.15) is 21.5 Å². The molecule has 0 aliphatic rings. The number of benzene rings is 3. The van der Waals surface area contributed by atoms with Crippen LogP contribution in [0.25, 0.3) is 0 Å². The number of halogens is 1. The lowest BCUT2D eigenvalue weighted by Crippen LogP contribution is -2.18. The molecule has 1 amide bonds. The molecule has 3 aromatic carbocycles. The van der Waals surface area contributed by atoms with Crippen molar-refractivity contribution in [3.8, 4) is 5.75 Å². The van der Waals surface area contributed by atoms with Crippen LogP contribution in [0.2, 0.25) is 5.02 Å². The minimum Gasteiger partial charge on any atom is -0.488 e. The molecule has 1 N–H and O–H groups in total. The second kappa shape index (κ2) is 8.83. The van der Waals surface area contributed by atoms with E-state index in [9.17, 15) is 4.79 Å². The summed E-state index contributed by atoms with van der Waals surface area (Å²) < 4.78 is 5.79. The average molecular weight is 365 g/mol. The van der Waals surface area contributed by atoms with Crippen molar-refractivity contribution in [1.29, 1.82) is 0 Å². The molecular weight excluding hydrogens is 348 g/mol. The number of hydrogen-bond acceptors (Lipinski definition) is 3. The van der Waals surface area contributed by atoms with E-state index in [4.69, 9.17) is 16.3 Å². The summed E-state index contributed by atoms with van der Waals surface area (Å²) in [5.74, 6) is 0.175. The molecule has 0 fully saturated rings. The number of carbonyl (C=O) groups excluding carboxylic acids is 1. The summed E-state index contributed by atoms with van der Waals surface area (Å²) in [5, 5.41) is 4.63. The van der Waals surface area contributed by atoms with Gasteiger partial charge in [0.2, 0.25) is 0 Å². The Balaban J connectivity index is 1.64. The molecule has 3 rings (SSSR count). The summed E-state index contributed by atoms with van der Waals surface area (Å²) in [6, 6.07) is 24.0. The molecule has 0 unspecified atom stereocenters. The predicted molar refractivity (Wildman–Crippen MR) is 104 cm³/mol. The third-order valence-corrected chi connectivity index (χ3v) is 3.87. The SMILES string of the molecule is O=C(NN=Cc1ccc(Cl)cc1)c1ccccc1OCc1ccccc1. The van der Waals surface area contributed by atoms with Gasteiger partial charge in [-0.3, -0.25) is 4.79 Å². The minimum absolute atomic E-state index is 0.334. The molecule has 0 aliphatic heterocycles. The van der Waals surface area contributed by atoms with Gasteiger partial charge in [0.25, 0.3) is 5.91 Å². The second-order valence-electron chi connectivity index (χ2n) is 5.52. The average Bonchev–Trinajstić information content (AvgIpc) is 2.69. The molecule has 130 valence electrons. The molecule has 0 heterocycles. The summed E-state index contributed by atoms with van der Waals surface area (Å²) in [7, 11) is 0. The molecule has 0 spiro atoms. The Kier molecular flexibility index (Phi) is 6.01. The van der Waals surface area contributed by atoms with Crippen molar-refractivity contribution in [3.05, 3.63) is 101 Å². The van der Waals surface area contributed by atoms with Crippen LogP contribution in [0.5, 0.6) is 5.75 Å². The van der Waals surface area contributed by atoms with Gasteiger partial charge >= 0.3 is 0 Å². The highest BCUT2D eigenvalue weighted by atomic mass is 35.5. The lowest BCUT2D eigenvalue weighted by molar-refractivity contribution is 0.0950. The topological polar surface area (TPSA) is 50.7 Å². The van der Waals surface area contributed by atoms with E-state index in [0.29, 0.717) is 22.9 Å². The zero-order chi connectivity index (χ0) is 18.2. The number of para-hydroxylation sites is 1. The van der Waals surface area contributed by atoms with Gasteiger partial charge in [0.15, 0.2) is 0 Å². The third kappa shape index (κ3) is 4.94. The van der Waals surface area contributed by atoms with Crippen molar-refractivity contribution in [3.63, 3.8) is 0 Å². The number of hydrogen-bond donors (Lipinski definition) is 1. The monoisotopic (exact) mass is 364 g/mol. The standard InChI is InChI=1S/C21H17ClN2O2/c22-18-12-10-16(11-13-18)14-23-24-21(25)19-8-4-5-9-20(19)26-15-17-6-2-1-3-7-17/h1-14H,15H2,(H,24,25). The van der Waals surface area contributed by atoms with E-state index in [-0.39, 0.29) is 5.91 Å². The van der Waals surface area contributed by atoms with E-state index in [0.717, 1.165) is 11.1 Å². The number of ether oxygens (including phenoxy) is 1. The summed E-state index contributed by atoms with van der Waals surface area (Å²) in [6.45, 7) is 0.388. The summed E-state index contributed by atoms with van der Waals surface area (Å²) in [6.07, 6.45) is 1.56. The lowest BCUT2D eigenvalue weighted by Gasteiger charge is -2.10. The molecule has 0 atom stereocenters. The zero-order valence-electron chi connectivity index (χ0n) is 13.9. The van der Waals surface area contributed by atoms with Crippen molar-refractivity contribution in [1.82, 2.24) is 5.43 Å². The maximum atomic E-state index is 12.4. The maximum Gasteiger partial charge on any atom is 0.275 e. The van der Waals surface area contributed by atoms with Gasteiger partial charge in [-0.15, -0.1) is 0 Å². The van der Waals surface area contributed by atoms with E-state index in [2.05, 4.69) is 10.5 Å². The molecule has 4 nitrogen and oxygen atoms in total. The van der Waals surface area contributed by atoms with Crippen molar-refractivity contribution in [2.45, 2.75) is 6.61 Å². The first-order valence-electron chi connectivity index (χ1n) is 8.07. The van der Waals surface area contributed by atoms with Gasteiger partial charge < -0.3 is 4.74 Å². The van der Waals surface area contributed by atoms with Gasteiger partial charge in [0, 0.05) is 5.02 Å². The Morgan fingerprint density at radius 2 is 1.65 bits per heavy atom. The smallest absolute Gasteiger partial charge is 0.275 e. The highest BCUT2D eigenvalue weighted by molar-refractivity contribution is 6.30. The van der Waals surface area contributed by atoms with E-state index in [1.807, 2.05) is 48.5 Å². The molecule has 0 saturated heterocycles. The third-order valence-electron chi connectivity index (χ3n) is 3.62. The van der Waals surface area contributed by atoms with Crippen LogP contribution in [0.3, 0.4) is 0 Å². The largest absolute Gasteiger partial charge is 0.488 e. The normalized spacial score (nSPS) is 10.7. The van der Waals surface area contributed by atoms with E-state index in [1.54, 1.807) is 36.5 Å². The number of nitrogens with one attached hydrogen (secondary N) is 1. The molecule has 26 heavy (non-hydrogen) atoms. The molecule has 0 bridgehead atoms. The van der Waals surface area contributed by atoms with Crippen LogP contribution in [-0.4, -0.2) is 12.1 Å². The molecule has 0 aliphatic carbocycles. The fraction of sp³-hybridized carbons (Fsp3) is 0.0476. The number of carbonyl (C=O) groups is 1. The van der Waals surface area contributed by atoms with Gasteiger partial charge in [-0.25, -0.2) is 5.43 Å². The summed E-state index contributed by atoms with van der Waals surface area (Å²) in [4.78, 5) is 12.4. The highest BCUT2D eigenvalue weighted by Gasteiger charge is 2.11. The number of hydrazone groups is 1. The number of amides is 1. The second-order valence-corrected chi connectivity index (χ2v) is 5.96. The van der Waals surface area contributed by atoms with Crippen molar-refractivity contribution in [2.24, 2.45) is 5.10 Å². The van der Waals surface area contributed by atoms with E-state index < -0.39 is 0 Å². The van der Waals surface area contributed by atoms with Crippen molar-refractivity contribution >= 4 is 23.7 Å². The first-order chi connectivity index (χ1) is 12.7. The highest BCUT2D eigenvalue weighted by Crippen LogP contribution is 2.19. The maximum absolute atomic E-state index is 12.4. The Morgan fingerprint density at radius 1 is 0.962 bits per heavy atom. The Bertz CT molecular complexity index is 893. The fourth-order valence-corrected chi connectivity index (χ4v) is 2.42. The van der Waals surface area contributed by atoms with Gasteiger partial charge in [-0.1, -0.05) is 66.2 Å². The molecule has 0 radical (unpaired) electrons. The predicted octanol–water partition coefficient (Wildman–Crippen LogP) is 4.68. The minimum atomic E-state index is -0.334. The van der Waals surface area contributed by atoms with Crippen molar-refractivity contribution in [2.75, 3.05) is 0 Å². The molecule has 5 heteroatoms. The van der Waals surface area contributed by atoms with E-state index in [1.165, 1.54) is 0 Å². The number of nitrogens with zero attached hydrogens (tertiary/aromatic N) is 1. The Hall–Kier alpha value is -3.11. The quantitative estimate of drug-likeness (QED) is 0.510. The molecule has 0 aromatic heterocycles. The molecule has 0 saturated carbocycles. The first kappa shape index (κ1) is 17.7. The Morgan fingerprint density at radius 3 is 2.42 bits per heavy atom. The molecular formula is C21H17ClN2O2. The fourth-order valence-electron chi connectivity index (χ4n) is 2.29. The van der Waals surface area contributed by atoms with Crippen LogP contribution in [-0.2, 0) is 6.61 Å². The van der Waals surface area contributed by atoms with Crippen LogP contribution in [0, 0.1) is 0 Å². The summed E-state index contributed by atoms with van der Waals surface area (Å²) >= 11 is 5.84. The molecule has 3 aromatic rings. The van der Waals surface area contributed by atoms with Gasteiger partial charge in [0.1, 0.15) is 12.4 Å². The van der Waals surface area contributed by atoms with Crippen LogP contribution in [0.4, 0.5) is 0 Å². The first-order valence-corrected chi connectivity index (χ1v) is 8.45.